The number of fused-ring (bicyclic) bond motifs is 3. The fourth-order valence-electron chi connectivity index (χ4n) is 4.35. The van der Waals surface area contributed by atoms with Crippen LogP contribution in [-0.4, -0.2) is 48.9 Å². The summed E-state index contributed by atoms with van der Waals surface area (Å²) in [6.07, 6.45) is 0.800. The van der Waals surface area contributed by atoms with E-state index in [0.717, 1.165) is 0 Å². The number of rotatable bonds is 4. The predicted octanol–water partition coefficient (Wildman–Crippen LogP) is 3.34. The Morgan fingerprint density at radius 3 is 2.63 bits per heavy atom. The van der Waals surface area contributed by atoms with E-state index in [1.54, 1.807) is 41.3 Å². The molecule has 0 bridgehead atoms. The molecule has 2 aliphatic heterocycles. The molecular weight excluding hydrogens is 404 g/mol. The Kier molecular flexibility index (Phi) is 4.94. The number of nitrogens with one attached hydrogen (secondary N) is 1. The third kappa shape index (κ3) is 3.10. The summed E-state index contributed by atoms with van der Waals surface area (Å²) < 4.78 is 0. The number of hydrogen-bond donors (Lipinski definition) is 1. The van der Waals surface area contributed by atoms with Crippen LogP contribution < -0.4 is 15.1 Å². The van der Waals surface area contributed by atoms with Gasteiger partial charge in [0.2, 0.25) is 11.8 Å². The van der Waals surface area contributed by atoms with Gasteiger partial charge in [0.1, 0.15) is 12.2 Å². The normalized spacial score (nSPS) is 20.1. The molecule has 0 spiro atoms. The molecule has 1 unspecified atom stereocenters. The monoisotopic (exact) mass is 426 g/mol. The first-order valence-electron chi connectivity index (χ1n) is 9.74. The molecule has 1 saturated heterocycles. The Labute approximate surface area is 180 Å². The molecule has 2 aliphatic rings. The second-order valence-electron chi connectivity index (χ2n) is 7.93. The molecule has 0 saturated carbocycles. The van der Waals surface area contributed by atoms with E-state index in [1.807, 2.05) is 32.0 Å². The summed E-state index contributed by atoms with van der Waals surface area (Å²) >= 11 is 6.29. The maximum Gasteiger partial charge on any atom is 0.258 e. The first-order valence-corrected chi connectivity index (χ1v) is 10.1. The lowest BCUT2D eigenvalue weighted by Crippen LogP contribution is -2.63. The maximum atomic E-state index is 13.3. The van der Waals surface area contributed by atoms with Crippen LogP contribution >= 0.6 is 11.6 Å². The van der Waals surface area contributed by atoms with Crippen LogP contribution in [0.3, 0.4) is 0 Å². The Morgan fingerprint density at radius 2 is 1.90 bits per heavy atom. The molecule has 2 aromatic carbocycles. The average molecular weight is 427 g/mol. The highest BCUT2D eigenvalue weighted by Crippen LogP contribution is 2.44. The van der Waals surface area contributed by atoms with Gasteiger partial charge in [0.15, 0.2) is 0 Å². The summed E-state index contributed by atoms with van der Waals surface area (Å²) in [7, 11) is 3.68. The molecule has 0 radical (unpaired) electrons. The number of nitrogens with zero attached hydrogens (tertiary/aromatic N) is 3. The summed E-state index contributed by atoms with van der Waals surface area (Å²) in [5.74, 6) is -0.658. The number of para-hydroxylation sites is 2. The highest BCUT2D eigenvalue weighted by Gasteiger charge is 2.53. The zero-order valence-corrected chi connectivity index (χ0v) is 17.9. The molecule has 30 heavy (non-hydrogen) atoms. The fraction of sp³-hybridized carbons (Fsp3) is 0.318. The molecule has 1 fully saturated rings. The van der Waals surface area contributed by atoms with E-state index in [9.17, 15) is 14.4 Å². The van der Waals surface area contributed by atoms with Crippen LogP contribution in [0, 0.1) is 0 Å². The van der Waals surface area contributed by atoms with Crippen LogP contribution in [0.15, 0.2) is 42.5 Å². The van der Waals surface area contributed by atoms with Crippen molar-refractivity contribution in [3.05, 3.63) is 53.1 Å². The number of halogens is 1. The minimum Gasteiger partial charge on any atom is -0.375 e. The van der Waals surface area contributed by atoms with Gasteiger partial charge in [-0.2, -0.15) is 0 Å². The number of carbonyl (C=O) groups is 3. The second-order valence-corrected chi connectivity index (χ2v) is 8.34. The molecule has 0 aromatic heterocycles. The van der Waals surface area contributed by atoms with Crippen molar-refractivity contribution >= 4 is 46.4 Å². The van der Waals surface area contributed by atoms with Gasteiger partial charge in [-0.15, -0.1) is 0 Å². The molecule has 7 nitrogen and oxygen atoms in total. The SMILES string of the molecule is CN(C)c1c(Cl)cccc1NC(=O)CN1C(=O)c2ccccc2N2C(=O)CCC12C. The Bertz CT molecular complexity index is 1050. The maximum absolute atomic E-state index is 13.3. The van der Waals surface area contributed by atoms with Gasteiger partial charge in [0, 0.05) is 20.5 Å². The number of anilines is 3. The van der Waals surface area contributed by atoms with Crippen molar-refractivity contribution in [2.45, 2.75) is 25.4 Å². The highest BCUT2D eigenvalue weighted by molar-refractivity contribution is 6.34. The Hall–Kier alpha value is -3.06. The second kappa shape index (κ2) is 7.32. The van der Waals surface area contributed by atoms with E-state index in [-0.39, 0.29) is 24.3 Å². The van der Waals surface area contributed by atoms with Crippen molar-refractivity contribution in [2.75, 3.05) is 35.8 Å². The molecule has 2 aromatic rings. The summed E-state index contributed by atoms with van der Waals surface area (Å²) in [6, 6.07) is 12.3. The third-order valence-electron chi connectivity index (χ3n) is 5.76. The van der Waals surface area contributed by atoms with E-state index in [4.69, 9.17) is 11.6 Å². The van der Waals surface area contributed by atoms with Crippen molar-refractivity contribution in [1.29, 1.82) is 0 Å². The minimum absolute atomic E-state index is 0.0485. The van der Waals surface area contributed by atoms with Crippen molar-refractivity contribution in [3.63, 3.8) is 0 Å². The molecule has 1 N–H and O–H groups in total. The lowest BCUT2D eigenvalue weighted by Gasteiger charge is -2.48. The third-order valence-corrected chi connectivity index (χ3v) is 6.06. The fourth-order valence-corrected chi connectivity index (χ4v) is 4.69. The molecular formula is C22H23ClN4O3. The van der Waals surface area contributed by atoms with E-state index in [0.29, 0.717) is 40.5 Å². The van der Waals surface area contributed by atoms with Crippen LogP contribution in [0.25, 0.3) is 0 Å². The van der Waals surface area contributed by atoms with Crippen molar-refractivity contribution in [2.24, 2.45) is 0 Å². The highest BCUT2D eigenvalue weighted by atomic mass is 35.5. The van der Waals surface area contributed by atoms with Gasteiger partial charge in [0.25, 0.3) is 5.91 Å². The van der Waals surface area contributed by atoms with Crippen LogP contribution in [0.4, 0.5) is 17.1 Å². The molecule has 3 amide bonds. The van der Waals surface area contributed by atoms with E-state index in [2.05, 4.69) is 5.32 Å². The number of benzene rings is 2. The lowest BCUT2D eigenvalue weighted by molar-refractivity contribution is -0.120. The standard InChI is InChI=1S/C22H23ClN4O3/c1-22-12-11-19(29)27(22)17-10-5-4-7-14(17)21(30)26(22)13-18(28)24-16-9-6-8-15(23)20(16)25(2)3/h4-10H,11-13H2,1-3H3,(H,24,28). The summed E-state index contributed by atoms with van der Waals surface area (Å²) in [5, 5.41) is 3.38. The molecule has 1 atom stereocenters. The quantitative estimate of drug-likeness (QED) is 0.813. The predicted molar refractivity (Wildman–Crippen MR) is 117 cm³/mol. The summed E-state index contributed by atoms with van der Waals surface area (Å²) in [4.78, 5) is 43.8. The van der Waals surface area contributed by atoms with Crippen LogP contribution in [0.1, 0.15) is 30.1 Å². The van der Waals surface area contributed by atoms with Gasteiger partial charge in [-0.05, 0) is 37.6 Å². The van der Waals surface area contributed by atoms with Crippen molar-refractivity contribution < 1.29 is 14.4 Å². The van der Waals surface area contributed by atoms with Crippen LogP contribution in [-0.2, 0) is 9.59 Å². The van der Waals surface area contributed by atoms with Gasteiger partial charge < -0.3 is 15.1 Å². The topological polar surface area (TPSA) is 73.0 Å². The number of hydrogen-bond acceptors (Lipinski definition) is 4. The zero-order chi connectivity index (χ0) is 21.6. The van der Waals surface area contributed by atoms with Crippen LogP contribution in [0.2, 0.25) is 5.02 Å². The zero-order valence-electron chi connectivity index (χ0n) is 17.1. The van der Waals surface area contributed by atoms with Gasteiger partial charge in [-0.25, -0.2) is 0 Å². The summed E-state index contributed by atoms with van der Waals surface area (Å²) in [6.45, 7) is 1.66. The number of amides is 3. The Morgan fingerprint density at radius 1 is 1.17 bits per heavy atom. The van der Waals surface area contributed by atoms with E-state index < -0.39 is 5.66 Å². The smallest absolute Gasteiger partial charge is 0.258 e. The van der Waals surface area contributed by atoms with E-state index >= 15 is 0 Å². The molecule has 156 valence electrons. The largest absolute Gasteiger partial charge is 0.375 e. The first-order chi connectivity index (χ1) is 14.2. The van der Waals surface area contributed by atoms with Gasteiger partial charge in [-0.1, -0.05) is 29.8 Å². The molecule has 0 aliphatic carbocycles. The average Bonchev–Trinajstić information content (AvgIpc) is 3.00. The first kappa shape index (κ1) is 20.2. The van der Waals surface area contributed by atoms with Crippen molar-refractivity contribution in [1.82, 2.24) is 4.90 Å². The molecule has 4 rings (SSSR count). The molecule has 8 heteroatoms. The van der Waals surface area contributed by atoms with Gasteiger partial charge in [0.05, 0.1) is 27.6 Å². The van der Waals surface area contributed by atoms with Crippen LogP contribution in [0.5, 0.6) is 0 Å². The molecule has 2 heterocycles. The minimum atomic E-state index is -0.876. The van der Waals surface area contributed by atoms with Gasteiger partial charge in [-0.3, -0.25) is 19.3 Å². The number of carbonyl (C=O) groups excluding carboxylic acids is 3. The Balaban J connectivity index is 1.65. The van der Waals surface area contributed by atoms with E-state index in [1.165, 1.54) is 4.90 Å². The van der Waals surface area contributed by atoms with Crippen molar-refractivity contribution in [3.8, 4) is 0 Å². The lowest BCUT2D eigenvalue weighted by atomic mass is 9.98. The summed E-state index contributed by atoms with van der Waals surface area (Å²) in [5.41, 5.74) is 1.40. The van der Waals surface area contributed by atoms with Gasteiger partial charge >= 0.3 is 0 Å².